The zero-order chi connectivity index (χ0) is 18.9. The van der Waals surface area contributed by atoms with Crippen molar-refractivity contribution in [2.24, 2.45) is 0 Å². The highest BCUT2D eigenvalue weighted by atomic mass is 16.3. The molecule has 1 aliphatic carbocycles. The Balaban J connectivity index is 1.81. The summed E-state index contributed by atoms with van der Waals surface area (Å²) in [5.74, 6) is 1.18. The van der Waals surface area contributed by atoms with E-state index in [0.29, 0.717) is 11.7 Å². The summed E-state index contributed by atoms with van der Waals surface area (Å²) in [6.07, 6.45) is 3.95. The molecule has 1 fully saturated rings. The summed E-state index contributed by atoms with van der Waals surface area (Å²) in [6.45, 7) is 0. The minimum atomic E-state index is -0.306. The van der Waals surface area contributed by atoms with Crippen molar-refractivity contribution in [2.45, 2.75) is 37.0 Å². The number of benzene rings is 3. The molecule has 1 aliphatic rings. The number of rotatable bonds is 3. The molecule has 0 amide bonds. The summed E-state index contributed by atoms with van der Waals surface area (Å²) in [5.41, 5.74) is 2.97. The van der Waals surface area contributed by atoms with Crippen LogP contribution in [0.25, 0.3) is 0 Å². The maximum atomic E-state index is 10.7. The van der Waals surface area contributed by atoms with Gasteiger partial charge in [0.15, 0.2) is 0 Å². The standard InChI is InChI=1S/C24H24O3/c25-20-11-7-17(8-12-20)18-4-3-15-24(16-18,19-9-13-21(26)14-10-19)22-5-1-2-6-23(22)27/h1-2,5-14,18,25-27H,3-4,15-16H2. The molecule has 3 aromatic rings. The molecule has 4 rings (SSSR count). The highest BCUT2D eigenvalue weighted by Gasteiger charge is 2.41. The molecule has 3 heteroatoms. The van der Waals surface area contributed by atoms with Gasteiger partial charge in [0.25, 0.3) is 0 Å². The summed E-state index contributed by atoms with van der Waals surface area (Å²) in [6, 6.07) is 22.5. The fourth-order valence-corrected chi connectivity index (χ4v) is 4.63. The third kappa shape index (κ3) is 3.25. The molecule has 0 aliphatic heterocycles. The van der Waals surface area contributed by atoms with Crippen molar-refractivity contribution in [3.63, 3.8) is 0 Å². The van der Waals surface area contributed by atoms with Crippen molar-refractivity contribution in [1.29, 1.82) is 0 Å². The van der Waals surface area contributed by atoms with Crippen LogP contribution in [0.4, 0.5) is 0 Å². The predicted molar refractivity (Wildman–Crippen MR) is 106 cm³/mol. The maximum absolute atomic E-state index is 10.7. The fourth-order valence-electron chi connectivity index (χ4n) is 4.63. The molecule has 0 saturated heterocycles. The van der Waals surface area contributed by atoms with Gasteiger partial charge in [-0.15, -0.1) is 0 Å². The highest BCUT2D eigenvalue weighted by molar-refractivity contribution is 5.48. The largest absolute Gasteiger partial charge is 0.508 e. The van der Waals surface area contributed by atoms with Crippen LogP contribution < -0.4 is 0 Å². The Labute approximate surface area is 159 Å². The Bertz CT molecular complexity index is 915. The van der Waals surface area contributed by atoms with Gasteiger partial charge < -0.3 is 15.3 Å². The van der Waals surface area contributed by atoms with Crippen LogP contribution in [-0.4, -0.2) is 15.3 Å². The first-order valence-corrected chi connectivity index (χ1v) is 9.45. The smallest absolute Gasteiger partial charge is 0.119 e. The molecule has 0 bridgehead atoms. The second kappa shape index (κ2) is 6.99. The lowest BCUT2D eigenvalue weighted by atomic mass is 9.61. The quantitative estimate of drug-likeness (QED) is 0.582. The molecule has 138 valence electrons. The lowest BCUT2D eigenvalue weighted by Crippen LogP contribution is -2.33. The normalized spacial score (nSPS) is 22.4. The van der Waals surface area contributed by atoms with Crippen molar-refractivity contribution in [3.05, 3.63) is 89.5 Å². The Morgan fingerprint density at radius 3 is 2.04 bits per heavy atom. The average Bonchev–Trinajstić information content (AvgIpc) is 2.69. The van der Waals surface area contributed by atoms with E-state index in [0.717, 1.165) is 36.8 Å². The number of hydrogen-bond acceptors (Lipinski definition) is 3. The zero-order valence-corrected chi connectivity index (χ0v) is 15.2. The van der Waals surface area contributed by atoms with Crippen LogP contribution >= 0.6 is 0 Å². The summed E-state index contributed by atoms with van der Waals surface area (Å²) in [4.78, 5) is 0. The van der Waals surface area contributed by atoms with E-state index in [1.54, 1.807) is 30.3 Å². The monoisotopic (exact) mass is 360 g/mol. The molecule has 0 spiro atoms. The second-order valence-corrected chi connectivity index (χ2v) is 7.53. The van der Waals surface area contributed by atoms with Gasteiger partial charge in [0, 0.05) is 11.0 Å². The Hall–Kier alpha value is -2.94. The van der Waals surface area contributed by atoms with Gasteiger partial charge in [-0.1, -0.05) is 48.9 Å². The second-order valence-electron chi connectivity index (χ2n) is 7.53. The van der Waals surface area contributed by atoms with Crippen LogP contribution in [0.1, 0.15) is 48.3 Å². The van der Waals surface area contributed by atoms with E-state index in [9.17, 15) is 15.3 Å². The van der Waals surface area contributed by atoms with Crippen LogP contribution in [0.2, 0.25) is 0 Å². The summed E-state index contributed by atoms with van der Waals surface area (Å²) in [5, 5.41) is 30.0. The Kier molecular flexibility index (Phi) is 4.53. The van der Waals surface area contributed by atoms with Crippen LogP contribution in [0, 0.1) is 0 Å². The molecular formula is C24H24O3. The lowest BCUT2D eigenvalue weighted by Gasteiger charge is -2.42. The van der Waals surface area contributed by atoms with Crippen molar-refractivity contribution in [1.82, 2.24) is 0 Å². The van der Waals surface area contributed by atoms with Gasteiger partial charge in [0.2, 0.25) is 0 Å². The number of para-hydroxylation sites is 1. The van der Waals surface area contributed by atoms with E-state index in [4.69, 9.17) is 0 Å². The molecule has 3 aromatic carbocycles. The molecule has 0 aromatic heterocycles. The molecule has 0 radical (unpaired) electrons. The minimum Gasteiger partial charge on any atom is -0.508 e. The van der Waals surface area contributed by atoms with E-state index in [1.165, 1.54) is 5.56 Å². The molecule has 1 saturated carbocycles. The van der Waals surface area contributed by atoms with Crippen molar-refractivity contribution in [2.75, 3.05) is 0 Å². The van der Waals surface area contributed by atoms with E-state index in [-0.39, 0.29) is 16.9 Å². The molecule has 3 N–H and O–H groups in total. The molecule has 3 nitrogen and oxygen atoms in total. The van der Waals surface area contributed by atoms with E-state index in [2.05, 4.69) is 0 Å². The molecule has 2 unspecified atom stereocenters. The van der Waals surface area contributed by atoms with Gasteiger partial charge in [0.05, 0.1) is 0 Å². The van der Waals surface area contributed by atoms with Crippen LogP contribution in [0.5, 0.6) is 17.2 Å². The highest BCUT2D eigenvalue weighted by Crippen LogP contribution is 2.52. The first-order valence-electron chi connectivity index (χ1n) is 9.45. The third-order valence-electron chi connectivity index (χ3n) is 5.96. The van der Waals surface area contributed by atoms with Crippen molar-refractivity contribution < 1.29 is 15.3 Å². The van der Waals surface area contributed by atoms with Gasteiger partial charge in [0.1, 0.15) is 17.2 Å². The minimum absolute atomic E-state index is 0.247. The summed E-state index contributed by atoms with van der Waals surface area (Å²) >= 11 is 0. The Morgan fingerprint density at radius 2 is 1.37 bits per heavy atom. The van der Waals surface area contributed by atoms with E-state index >= 15 is 0 Å². The average molecular weight is 360 g/mol. The maximum Gasteiger partial charge on any atom is 0.119 e. The van der Waals surface area contributed by atoms with Gasteiger partial charge >= 0.3 is 0 Å². The van der Waals surface area contributed by atoms with Crippen LogP contribution in [-0.2, 0) is 5.41 Å². The SMILES string of the molecule is Oc1ccc(C2CCCC(c3ccc(O)cc3)(c3ccccc3O)C2)cc1. The van der Waals surface area contributed by atoms with Gasteiger partial charge in [-0.05, 0) is 66.6 Å². The number of hydrogen-bond donors (Lipinski definition) is 3. The fraction of sp³-hybridized carbons (Fsp3) is 0.250. The first-order chi connectivity index (χ1) is 13.1. The van der Waals surface area contributed by atoms with Gasteiger partial charge in [-0.3, -0.25) is 0 Å². The summed E-state index contributed by atoms with van der Waals surface area (Å²) in [7, 11) is 0. The number of phenols is 3. The summed E-state index contributed by atoms with van der Waals surface area (Å²) < 4.78 is 0. The van der Waals surface area contributed by atoms with Crippen molar-refractivity contribution in [3.8, 4) is 17.2 Å². The topological polar surface area (TPSA) is 60.7 Å². The zero-order valence-electron chi connectivity index (χ0n) is 15.2. The molecule has 2 atom stereocenters. The number of aromatic hydroxyl groups is 3. The first kappa shape index (κ1) is 17.5. The number of phenolic OH excluding ortho intramolecular Hbond substituents is 3. The van der Waals surface area contributed by atoms with E-state index in [1.807, 2.05) is 42.5 Å². The van der Waals surface area contributed by atoms with E-state index < -0.39 is 0 Å². The lowest BCUT2D eigenvalue weighted by molar-refractivity contribution is 0.301. The predicted octanol–water partition coefficient (Wildman–Crippen LogP) is 5.45. The Morgan fingerprint density at radius 1 is 0.741 bits per heavy atom. The van der Waals surface area contributed by atoms with Crippen molar-refractivity contribution >= 4 is 0 Å². The molecule has 27 heavy (non-hydrogen) atoms. The van der Waals surface area contributed by atoms with Crippen LogP contribution in [0.3, 0.4) is 0 Å². The molecular weight excluding hydrogens is 336 g/mol. The van der Waals surface area contributed by atoms with Crippen LogP contribution in [0.15, 0.2) is 72.8 Å². The van der Waals surface area contributed by atoms with Gasteiger partial charge in [-0.2, -0.15) is 0 Å². The third-order valence-corrected chi connectivity index (χ3v) is 5.96. The van der Waals surface area contributed by atoms with Gasteiger partial charge in [-0.25, -0.2) is 0 Å². The molecule has 0 heterocycles.